The molecule has 1 aliphatic rings. The van der Waals surface area contributed by atoms with Gasteiger partial charge in [0.15, 0.2) is 0 Å². The van der Waals surface area contributed by atoms with Crippen LogP contribution in [0.4, 0.5) is 4.39 Å². The Morgan fingerprint density at radius 2 is 1.82 bits per heavy atom. The van der Waals surface area contributed by atoms with Crippen LogP contribution in [0.3, 0.4) is 0 Å². The molecule has 0 spiro atoms. The van der Waals surface area contributed by atoms with E-state index in [-0.39, 0.29) is 5.82 Å². The summed E-state index contributed by atoms with van der Waals surface area (Å²) >= 11 is 0. The highest BCUT2D eigenvalue weighted by Gasteiger charge is 2.13. The summed E-state index contributed by atoms with van der Waals surface area (Å²) in [6.07, 6.45) is 0. The molecule has 86 valence electrons. The molecule has 0 amide bonds. The second-order valence-electron chi connectivity index (χ2n) is 4.40. The molecule has 1 aromatic carbocycles. The van der Waals surface area contributed by atoms with E-state index in [9.17, 15) is 4.39 Å². The molecule has 0 aromatic heterocycles. The van der Waals surface area contributed by atoms with Gasteiger partial charge in [-0.15, -0.1) is 0 Å². The SMILES string of the molecule is CC1=C(C(C)C)N=C=C=C1c1ccc(F)cc1. The fourth-order valence-electron chi connectivity index (χ4n) is 1.92. The molecule has 0 saturated carbocycles. The fraction of sp³-hybridized carbons (Fsp3) is 0.267. The first kappa shape index (κ1) is 11.6. The first-order chi connectivity index (χ1) is 8.09. The topological polar surface area (TPSA) is 12.4 Å². The lowest BCUT2D eigenvalue weighted by Gasteiger charge is -2.14. The predicted octanol–water partition coefficient (Wildman–Crippen LogP) is 3.98. The van der Waals surface area contributed by atoms with Gasteiger partial charge in [0.05, 0.1) is 5.70 Å². The molecule has 1 heterocycles. The van der Waals surface area contributed by atoms with Crippen molar-refractivity contribution < 1.29 is 4.39 Å². The number of halogens is 1. The molecule has 1 aromatic rings. The molecule has 2 heteroatoms. The monoisotopic (exact) mass is 227 g/mol. The first-order valence-corrected chi connectivity index (χ1v) is 5.65. The van der Waals surface area contributed by atoms with E-state index in [1.165, 1.54) is 12.1 Å². The highest BCUT2D eigenvalue weighted by molar-refractivity contribution is 5.85. The number of nitrogens with zero attached hydrogens (tertiary/aromatic N) is 1. The van der Waals surface area contributed by atoms with Crippen LogP contribution in [-0.2, 0) is 0 Å². The zero-order valence-corrected chi connectivity index (χ0v) is 10.2. The molecule has 0 radical (unpaired) electrons. The summed E-state index contributed by atoms with van der Waals surface area (Å²) in [5.41, 5.74) is 7.01. The Balaban J connectivity index is 2.50. The second kappa shape index (κ2) is 4.55. The minimum Gasteiger partial charge on any atom is -0.207 e. The molecule has 1 nitrogen and oxygen atoms in total. The van der Waals surface area contributed by atoms with Crippen molar-refractivity contribution >= 4 is 11.4 Å². The Hall–Kier alpha value is -1.88. The molecule has 0 N–H and O–H groups in total. The molecule has 0 bridgehead atoms. The van der Waals surface area contributed by atoms with E-state index in [1.807, 2.05) is 6.92 Å². The summed E-state index contributed by atoms with van der Waals surface area (Å²) in [6, 6.07) is 6.43. The summed E-state index contributed by atoms with van der Waals surface area (Å²) in [4.78, 5) is 4.23. The quantitative estimate of drug-likeness (QED) is 0.678. The lowest BCUT2D eigenvalue weighted by Crippen LogP contribution is -1.99. The highest BCUT2D eigenvalue weighted by Crippen LogP contribution is 2.29. The van der Waals surface area contributed by atoms with Crippen molar-refractivity contribution in [1.82, 2.24) is 0 Å². The Morgan fingerprint density at radius 3 is 2.41 bits per heavy atom. The molecule has 1 aliphatic heterocycles. The average molecular weight is 227 g/mol. The molecule has 0 fully saturated rings. The van der Waals surface area contributed by atoms with E-state index in [0.717, 1.165) is 22.4 Å². The highest BCUT2D eigenvalue weighted by atomic mass is 19.1. The van der Waals surface area contributed by atoms with Gasteiger partial charge in [-0.1, -0.05) is 26.0 Å². The van der Waals surface area contributed by atoms with Crippen molar-refractivity contribution in [2.75, 3.05) is 0 Å². The number of hydrogen-bond donors (Lipinski definition) is 0. The molecule has 0 unspecified atom stereocenters. The van der Waals surface area contributed by atoms with Crippen LogP contribution in [-0.4, -0.2) is 5.87 Å². The minimum atomic E-state index is -0.228. The van der Waals surface area contributed by atoms with Crippen LogP contribution in [0.15, 0.2) is 46.3 Å². The molecule has 0 saturated heterocycles. The van der Waals surface area contributed by atoms with Gasteiger partial charge in [-0.25, -0.2) is 9.38 Å². The average Bonchev–Trinajstić information content (AvgIpc) is 2.30. The lowest BCUT2D eigenvalue weighted by molar-refractivity contribution is 0.627. The summed E-state index contributed by atoms with van der Waals surface area (Å²) in [7, 11) is 0. The van der Waals surface area contributed by atoms with E-state index in [1.54, 1.807) is 12.1 Å². The summed E-state index contributed by atoms with van der Waals surface area (Å²) < 4.78 is 12.9. The molecule has 0 aliphatic carbocycles. The zero-order chi connectivity index (χ0) is 12.4. The second-order valence-corrected chi connectivity index (χ2v) is 4.40. The normalized spacial score (nSPS) is 14.5. The maximum atomic E-state index is 12.9. The van der Waals surface area contributed by atoms with E-state index in [4.69, 9.17) is 0 Å². The number of allylic oxidation sites excluding steroid dienone is 3. The molecular formula is C15H14FN. The maximum absolute atomic E-state index is 12.9. The van der Waals surface area contributed by atoms with E-state index < -0.39 is 0 Å². The Morgan fingerprint density at radius 1 is 1.18 bits per heavy atom. The van der Waals surface area contributed by atoms with Crippen LogP contribution >= 0.6 is 0 Å². The number of hydrogen-bond acceptors (Lipinski definition) is 1. The third-order valence-electron chi connectivity index (χ3n) is 2.80. The Labute approximate surface area is 101 Å². The van der Waals surface area contributed by atoms with Crippen molar-refractivity contribution in [3.63, 3.8) is 0 Å². The van der Waals surface area contributed by atoms with Gasteiger partial charge in [-0.05, 0) is 41.8 Å². The van der Waals surface area contributed by atoms with Crippen molar-refractivity contribution in [3.05, 3.63) is 52.6 Å². The van der Waals surface area contributed by atoms with Crippen molar-refractivity contribution in [3.8, 4) is 0 Å². The van der Waals surface area contributed by atoms with Crippen LogP contribution in [0, 0.1) is 11.7 Å². The van der Waals surface area contributed by atoms with Crippen LogP contribution in [0.2, 0.25) is 0 Å². The van der Waals surface area contributed by atoms with Crippen LogP contribution in [0.1, 0.15) is 26.3 Å². The molecule has 17 heavy (non-hydrogen) atoms. The van der Waals surface area contributed by atoms with Gasteiger partial charge >= 0.3 is 0 Å². The third-order valence-corrected chi connectivity index (χ3v) is 2.80. The Bertz CT molecular complexity index is 563. The van der Waals surface area contributed by atoms with Crippen LogP contribution < -0.4 is 0 Å². The van der Waals surface area contributed by atoms with Crippen LogP contribution in [0.5, 0.6) is 0 Å². The molecular weight excluding hydrogens is 213 g/mol. The number of aliphatic imine (C=N–C) groups is 1. The smallest absolute Gasteiger partial charge is 0.123 e. The minimum absolute atomic E-state index is 0.228. The maximum Gasteiger partial charge on any atom is 0.123 e. The summed E-state index contributed by atoms with van der Waals surface area (Å²) in [5.74, 6) is 2.92. The van der Waals surface area contributed by atoms with Crippen molar-refractivity contribution in [2.45, 2.75) is 20.8 Å². The molecule has 2 rings (SSSR count). The van der Waals surface area contributed by atoms with Gasteiger partial charge in [0.2, 0.25) is 0 Å². The number of benzene rings is 1. The van der Waals surface area contributed by atoms with Gasteiger partial charge in [0, 0.05) is 11.4 Å². The molecule has 0 atom stereocenters. The van der Waals surface area contributed by atoms with Gasteiger partial charge in [0.25, 0.3) is 0 Å². The van der Waals surface area contributed by atoms with Gasteiger partial charge < -0.3 is 0 Å². The van der Waals surface area contributed by atoms with Gasteiger partial charge in [-0.3, -0.25) is 0 Å². The Kier molecular flexibility index (Phi) is 3.10. The van der Waals surface area contributed by atoms with Gasteiger partial charge in [0.1, 0.15) is 5.82 Å². The van der Waals surface area contributed by atoms with Crippen molar-refractivity contribution in [2.24, 2.45) is 10.9 Å². The summed E-state index contributed by atoms with van der Waals surface area (Å²) in [5, 5.41) is 0. The van der Waals surface area contributed by atoms with Crippen LogP contribution in [0.25, 0.3) is 5.57 Å². The van der Waals surface area contributed by atoms with Crippen molar-refractivity contribution in [1.29, 1.82) is 0 Å². The zero-order valence-electron chi connectivity index (χ0n) is 10.2. The van der Waals surface area contributed by atoms with E-state index >= 15 is 0 Å². The summed E-state index contributed by atoms with van der Waals surface area (Å²) in [6.45, 7) is 6.21. The largest absolute Gasteiger partial charge is 0.207 e. The van der Waals surface area contributed by atoms with E-state index in [0.29, 0.717) is 5.92 Å². The standard InChI is InChI=1S/C15H14FN/c1-10(2)15-11(3)14(8-9-17-15)12-4-6-13(16)7-5-12/h4-7,10H,1-3H3. The van der Waals surface area contributed by atoms with E-state index in [2.05, 4.69) is 30.4 Å². The lowest BCUT2D eigenvalue weighted by atomic mass is 9.94. The van der Waals surface area contributed by atoms with Gasteiger partial charge in [-0.2, -0.15) is 0 Å². The first-order valence-electron chi connectivity index (χ1n) is 5.65. The fourth-order valence-corrected chi connectivity index (χ4v) is 1.92. The number of rotatable bonds is 2. The third kappa shape index (κ3) is 2.29. The predicted molar refractivity (Wildman–Crippen MR) is 68.3 cm³/mol.